The molecule has 0 aliphatic carbocycles. The minimum Gasteiger partial charge on any atom is -0.462 e. The maximum atomic E-state index is 11.9. The molecule has 5 nitrogen and oxygen atoms in total. The Morgan fingerprint density at radius 3 is 2.95 bits per heavy atom. The van der Waals surface area contributed by atoms with Gasteiger partial charge in [-0.15, -0.1) is 11.3 Å². The van der Waals surface area contributed by atoms with Crippen LogP contribution in [-0.4, -0.2) is 28.6 Å². The Bertz CT molecular complexity index is 582. The number of fused-ring (bicyclic) bond motifs is 1. The monoisotopic (exact) mass is 279 g/mol. The summed E-state index contributed by atoms with van der Waals surface area (Å²) in [6, 6.07) is 0.285. The lowest BCUT2D eigenvalue weighted by Crippen LogP contribution is -2.15. The maximum absolute atomic E-state index is 11.9. The normalized spacial score (nSPS) is 12.4. The van der Waals surface area contributed by atoms with E-state index in [0.717, 1.165) is 16.6 Å². The number of nitrogens with zero attached hydrogens (tertiary/aromatic N) is 2. The number of ether oxygens (including phenoxy) is 1. The van der Waals surface area contributed by atoms with E-state index in [1.165, 1.54) is 17.7 Å². The van der Waals surface area contributed by atoms with Crippen LogP contribution in [0.1, 0.15) is 37.6 Å². The molecule has 1 N–H and O–H groups in total. The Hall–Kier alpha value is -1.69. The SMILES string of the molecule is CCOC(=O)c1csc2ncnc(NC(C)CC)c12. The summed E-state index contributed by atoms with van der Waals surface area (Å²) < 4.78 is 5.07. The quantitative estimate of drug-likeness (QED) is 0.852. The molecule has 0 fully saturated rings. The molecule has 0 bridgehead atoms. The standard InChI is InChI=1S/C13H17N3O2S/c1-4-8(3)16-11-10-9(13(17)18-5-2)6-19-12(10)15-7-14-11/h6-8H,4-5H2,1-3H3,(H,14,15,16). The molecule has 0 radical (unpaired) electrons. The van der Waals surface area contributed by atoms with Gasteiger partial charge in [-0.2, -0.15) is 0 Å². The van der Waals surface area contributed by atoms with E-state index in [2.05, 4.69) is 29.1 Å². The van der Waals surface area contributed by atoms with Crippen LogP contribution in [-0.2, 0) is 4.74 Å². The Kier molecular flexibility index (Phi) is 4.31. The van der Waals surface area contributed by atoms with Gasteiger partial charge < -0.3 is 10.1 Å². The number of hydrogen-bond acceptors (Lipinski definition) is 6. The summed E-state index contributed by atoms with van der Waals surface area (Å²) in [7, 11) is 0. The van der Waals surface area contributed by atoms with Gasteiger partial charge >= 0.3 is 5.97 Å². The lowest BCUT2D eigenvalue weighted by molar-refractivity contribution is 0.0529. The molecule has 0 saturated heterocycles. The molecule has 0 aromatic carbocycles. The highest BCUT2D eigenvalue weighted by Crippen LogP contribution is 2.30. The van der Waals surface area contributed by atoms with E-state index in [1.54, 1.807) is 12.3 Å². The molecule has 19 heavy (non-hydrogen) atoms. The molecule has 2 heterocycles. The van der Waals surface area contributed by atoms with Crippen molar-refractivity contribution >= 4 is 33.3 Å². The van der Waals surface area contributed by atoms with Crippen molar-refractivity contribution in [2.75, 3.05) is 11.9 Å². The summed E-state index contributed by atoms with van der Waals surface area (Å²) in [5, 5.41) is 5.84. The Morgan fingerprint density at radius 1 is 1.47 bits per heavy atom. The van der Waals surface area contributed by atoms with Crippen molar-refractivity contribution in [3.8, 4) is 0 Å². The smallest absolute Gasteiger partial charge is 0.339 e. The Morgan fingerprint density at radius 2 is 2.26 bits per heavy atom. The van der Waals surface area contributed by atoms with E-state index in [1.807, 2.05) is 0 Å². The molecule has 2 aromatic heterocycles. The van der Waals surface area contributed by atoms with E-state index >= 15 is 0 Å². The summed E-state index contributed by atoms with van der Waals surface area (Å²) in [5.41, 5.74) is 0.535. The van der Waals surface area contributed by atoms with Crippen LogP contribution in [0.2, 0.25) is 0 Å². The highest BCUT2D eigenvalue weighted by atomic mass is 32.1. The number of rotatable bonds is 5. The lowest BCUT2D eigenvalue weighted by atomic mass is 10.2. The van der Waals surface area contributed by atoms with Crippen molar-refractivity contribution in [1.29, 1.82) is 0 Å². The molecule has 2 aromatic rings. The zero-order valence-corrected chi connectivity index (χ0v) is 12.1. The first-order valence-electron chi connectivity index (χ1n) is 6.33. The molecule has 1 atom stereocenters. The molecule has 1 unspecified atom stereocenters. The van der Waals surface area contributed by atoms with E-state index in [-0.39, 0.29) is 12.0 Å². The van der Waals surface area contributed by atoms with Gasteiger partial charge in [0.1, 0.15) is 17.0 Å². The fourth-order valence-corrected chi connectivity index (χ4v) is 2.56. The summed E-state index contributed by atoms with van der Waals surface area (Å²) in [6.07, 6.45) is 2.49. The Labute approximate surface area is 116 Å². The third-order valence-corrected chi connectivity index (χ3v) is 3.75. The number of aromatic nitrogens is 2. The number of carbonyl (C=O) groups excluding carboxylic acids is 1. The highest BCUT2D eigenvalue weighted by Gasteiger charge is 2.18. The fourth-order valence-electron chi connectivity index (χ4n) is 1.68. The van der Waals surface area contributed by atoms with Gasteiger partial charge in [-0.05, 0) is 20.3 Å². The number of anilines is 1. The molecule has 0 amide bonds. The molecular weight excluding hydrogens is 262 g/mol. The second kappa shape index (κ2) is 5.97. The predicted octanol–water partition coefficient (Wildman–Crippen LogP) is 3.08. The third kappa shape index (κ3) is 2.84. The minimum atomic E-state index is -0.323. The number of hydrogen-bond donors (Lipinski definition) is 1. The molecule has 0 aliphatic heterocycles. The third-order valence-electron chi connectivity index (χ3n) is 2.86. The number of thiophene rings is 1. The number of nitrogens with one attached hydrogen (secondary N) is 1. The average molecular weight is 279 g/mol. The van der Waals surface area contributed by atoms with Crippen molar-refractivity contribution in [2.45, 2.75) is 33.2 Å². The first-order valence-corrected chi connectivity index (χ1v) is 7.21. The molecule has 102 valence electrons. The Balaban J connectivity index is 2.46. The average Bonchev–Trinajstić information content (AvgIpc) is 2.84. The topological polar surface area (TPSA) is 64.1 Å². The van der Waals surface area contributed by atoms with Crippen LogP contribution >= 0.6 is 11.3 Å². The van der Waals surface area contributed by atoms with Crippen LogP contribution in [0.4, 0.5) is 5.82 Å². The van der Waals surface area contributed by atoms with Gasteiger partial charge in [-0.25, -0.2) is 14.8 Å². The molecule has 0 saturated carbocycles. The van der Waals surface area contributed by atoms with E-state index in [0.29, 0.717) is 18.0 Å². The van der Waals surface area contributed by atoms with Crippen LogP contribution in [0.15, 0.2) is 11.7 Å². The van der Waals surface area contributed by atoms with Crippen molar-refractivity contribution in [3.63, 3.8) is 0 Å². The van der Waals surface area contributed by atoms with Gasteiger partial charge in [0.05, 0.1) is 17.6 Å². The van der Waals surface area contributed by atoms with E-state index < -0.39 is 0 Å². The summed E-state index contributed by atoms with van der Waals surface area (Å²) in [6.45, 7) is 6.32. The molecule has 2 rings (SSSR count). The second-order valence-corrected chi connectivity index (χ2v) is 5.08. The van der Waals surface area contributed by atoms with Crippen molar-refractivity contribution in [1.82, 2.24) is 9.97 Å². The summed E-state index contributed by atoms with van der Waals surface area (Å²) in [5.74, 6) is 0.374. The number of esters is 1. The summed E-state index contributed by atoms with van der Waals surface area (Å²) >= 11 is 1.43. The molecule has 0 aliphatic rings. The highest BCUT2D eigenvalue weighted by molar-refractivity contribution is 7.17. The zero-order valence-electron chi connectivity index (χ0n) is 11.3. The molecular formula is C13H17N3O2S. The van der Waals surface area contributed by atoms with Gasteiger partial charge in [-0.3, -0.25) is 0 Å². The van der Waals surface area contributed by atoms with Gasteiger partial charge in [0.15, 0.2) is 0 Å². The molecule has 0 spiro atoms. The van der Waals surface area contributed by atoms with Crippen LogP contribution in [0.5, 0.6) is 0 Å². The van der Waals surface area contributed by atoms with E-state index in [9.17, 15) is 4.79 Å². The zero-order chi connectivity index (χ0) is 13.8. The van der Waals surface area contributed by atoms with Gasteiger partial charge in [0, 0.05) is 11.4 Å². The fraction of sp³-hybridized carbons (Fsp3) is 0.462. The van der Waals surface area contributed by atoms with Crippen molar-refractivity contribution in [3.05, 3.63) is 17.3 Å². The van der Waals surface area contributed by atoms with Crippen LogP contribution in [0.3, 0.4) is 0 Å². The van der Waals surface area contributed by atoms with Crippen LogP contribution < -0.4 is 5.32 Å². The van der Waals surface area contributed by atoms with Crippen LogP contribution in [0, 0.1) is 0 Å². The summed E-state index contributed by atoms with van der Waals surface area (Å²) in [4.78, 5) is 21.2. The van der Waals surface area contributed by atoms with Gasteiger partial charge in [0.25, 0.3) is 0 Å². The van der Waals surface area contributed by atoms with Crippen molar-refractivity contribution < 1.29 is 9.53 Å². The van der Waals surface area contributed by atoms with E-state index in [4.69, 9.17) is 4.74 Å². The van der Waals surface area contributed by atoms with Gasteiger partial charge in [-0.1, -0.05) is 6.92 Å². The maximum Gasteiger partial charge on any atom is 0.339 e. The second-order valence-electron chi connectivity index (χ2n) is 4.23. The largest absolute Gasteiger partial charge is 0.462 e. The first kappa shape index (κ1) is 13.7. The van der Waals surface area contributed by atoms with Gasteiger partial charge in [0.2, 0.25) is 0 Å². The number of carbonyl (C=O) groups is 1. The van der Waals surface area contributed by atoms with Crippen molar-refractivity contribution in [2.24, 2.45) is 0 Å². The first-order chi connectivity index (χ1) is 9.17. The lowest BCUT2D eigenvalue weighted by Gasteiger charge is -2.13. The predicted molar refractivity (Wildman–Crippen MR) is 76.7 cm³/mol. The minimum absolute atomic E-state index is 0.285. The van der Waals surface area contributed by atoms with Crippen LogP contribution in [0.25, 0.3) is 10.2 Å². The molecule has 6 heteroatoms.